The number of benzene rings is 1. The maximum absolute atomic E-state index is 13.3. The van der Waals surface area contributed by atoms with Gasteiger partial charge in [-0.25, -0.2) is 9.18 Å². The second kappa shape index (κ2) is 6.30. The molecule has 0 atom stereocenters. The van der Waals surface area contributed by atoms with E-state index in [1.165, 1.54) is 0 Å². The van der Waals surface area contributed by atoms with Gasteiger partial charge in [-0.2, -0.15) is 23.0 Å². The number of nitrogens with zero attached hydrogens (tertiary/aromatic N) is 2. The fraction of sp³-hybridized carbons (Fsp3) is 0.214. The topological polar surface area (TPSA) is 70.4 Å². The Morgan fingerprint density at radius 3 is 2.21 bits per heavy atom. The molecule has 0 unspecified atom stereocenters. The van der Waals surface area contributed by atoms with Crippen molar-refractivity contribution in [1.82, 2.24) is 9.78 Å². The smallest absolute Gasteiger partial charge is 0.436 e. The molecule has 0 saturated heterocycles. The lowest BCUT2D eigenvalue weighted by molar-refractivity contribution is -0.142. The molecule has 24 heavy (non-hydrogen) atoms. The van der Waals surface area contributed by atoms with Gasteiger partial charge in [0.05, 0.1) is 19.9 Å². The van der Waals surface area contributed by atoms with E-state index in [9.17, 15) is 27.2 Å². The lowest BCUT2D eigenvalue weighted by Crippen LogP contribution is -2.30. The second-order valence-electron chi connectivity index (χ2n) is 4.44. The largest absolute Gasteiger partial charge is 0.490 e. The fourth-order valence-corrected chi connectivity index (χ4v) is 1.94. The van der Waals surface area contributed by atoms with Crippen LogP contribution >= 0.6 is 0 Å². The van der Waals surface area contributed by atoms with E-state index in [4.69, 9.17) is 0 Å². The molecule has 0 aliphatic heterocycles. The fourth-order valence-electron chi connectivity index (χ4n) is 1.94. The van der Waals surface area contributed by atoms with Gasteiger partial charge < -0.3 is 9.47 Å². The molecule has 0 amide bonds. The highest BCUT2D eigenvalue weighted by molar-refractivity contribution is 5.93. The average molecular weight is 346 g/mol. The standard InChI is InChI=1S/C14H10F4N2O4/c1-23-10-9(13(22)24-2)11(14(16,17)18)19-20(12(10)21)8-5-3-7(15)4-6-8/h3-6H,1-2H3. The van der Waals surface area contributed by atoms with E-state index < -0.39 is 40.5 Å². The Morgan fingerprint density at radius 1 is 1.17 bits per heavy atom. The number of rotatable bonds is 3. The van der Waals surface area contributed by atoms with Gasteiger partial charge >= 0.3 is 17.7 Å². The molecule has 1 aromatic carbocycles. The predicted molar refractivity (Wildman–Crippen MR) is 72.7 cm³/mol. The summed E-state index contributed by atoms with van der Waals surface area (Å²) >= 11 is 0. The van der Waals surface area contributed by atoms with Crippen LogP contribution < -0.4 is 10.3 Å². The average Bonchev–Trinajstić information content (AvgIpc) is 2.53. The quantitative estimate of drug-likeness (QED) is 0.629. The molecule has 0 bridgehead atoms. The van der Waals surface area contributed by atoms with Gasteiger partial charge in [-0.1, -0.05) is 0 Å². The highest BCUT2D eigenvalue weighted by Gasteiger charge is 2.42. The SMILES string of the molecule is COC(=O)c1c(C(F)(F)F)nn(-c2ccc(F)cc2)c(=O)c1OC. The number of carbonyl (C=O) groups is 1. The van der Waals surface area contributed by atoms with Gasteiger partial charge in [0.25, 0.3) is 0 Å². The van der Waals surface area contributed by atoms with Crippen molar-refractivity contribution in [3.8, 4) is 11.4 Å². The molecule has 0 N–H and O–H groups in total. The van der Waals surface area contributed by atoms with Crippen molar-refractivity contribution in [2.75, 3.05) is 14.2 Å². The molecule has 2 aromatic rings. The Bertz CT molecular complexity index is 828. The number of carbonyl (C=O) groups excluding carboxylic acids is 1. The van der Waals surface area contributed by atoms with Gasteiger partial charge in [-0.15, -0.1) is 0 Å². The Hall–Kier alpha value is -2.91. The van der Waals surface area contributed by atoms with E-state index in [1.54, 1.807) is 0 Å². The first kappa shape index (κ1) is 17.4. The zero-order chi connectivity index (χ0) is 18.1. The summed E-state index contributed by atoms with van der Waals surface area (Å²) in [5.74, 6) is -2.95. The van der Waals surface area contributed by atoms with Crippen molar-refractivity contribution in [3.63, 3.8) is 0 Å². The van der Waals surface area contributed by atoms with Crippen LogP contribution in [0, 0.1) is 5.82 Å². The molecule has 0 aliphatic rings. The van der Waals surface area contributed by atoms with Crippen LogP contribution in [-0.4, -0.2) is 30.0 Å². The molecule has 6 nitrogen and oxygen atoms in total. The van der Waals surface area contributed by atoms with Gasteiger partial charge in [0.2, 0.25) is 5.75 Å². The summed E-state index contributed by atoms with van der Waals surface area (Å²) in [5.41, 5.74) is -4.05. The number of ether oxygens (including phenoxy) is 2. The molecule has 0 fully saturated rings. The van der Waals surface area contributed by atoms with Crippen LogP contribution in [0.3, 0.4) is 0 Å². The van der Waals surface area contributed by atoms with Crippen LogP contribution in [0.1, 0.15) is 16.1 Å². The number of alkyl halides is 3. The lowest BCUT2D eigenvalue weighted by Gasteiger charge is -2.16. The molecule has 2 rings (SSSR count). The number of halogens is 4. The van der Waals surface area contributed by atoms with Crippen LogP contribution in [0.4, 0.5) is 17.6 Å². The first-order chi connectivity index (χ1) is 11.2. The highest BCUT2D eigenvalue weighted by Crippen LogP contribution is 2.33. The molecule has 0 spiro atoms. The van der Waals surface area contributed by atoms with Crippen molar-refractivity contribution in [2.24, 2.45) is 0 Å². The summed E-state index contributed by atoms with van der Waals surface area (Å²) in [6, 6.07) is 4.00. The molecule has 10 heteroatoms. The third-order valence-electron chi connectivity index (χ3n) is 2.98. The summed E-state index contributed by atoms with van der Waals surface area (Å²) in [5, 5.41) is 3.20. The Morgan fingerprint density at radius 2 is 1.75 bits per heavy atom. The van der Waals surface area contributed by atoms with Crippen molar-refractivity contribution in [2.45, 2.75) is 6.18 Å². The van der Waals surface area contributed by atoms with Crippen LogP contribution in [0.2, 0.25) is 0 Å². The third kappa shape index (κ3) is 3.07. The molecule has 0 saturated carbocycles. The summed E-state index contributed by atoms with van der Waals surface area (Å²) < 4.78 is 62.0. The van der Waals surface area contributed by atoms with Gasteiger partial charge in [-0.05, 0) is 24.3 Å². The predicted octanol–water partition coefficient (Wildman–Crippen LogP) is 2.19. The normalized spacial score (nSPS) is 11.2. The Balaban J connectivity index is 2.87. The summed E-state index contributed by atoms with van der Waals surface area (Å²) in [4.78, 5) is 24.0. The van der Waals surface area contributed by atoms with E-state index in [0.29, 0.717) is 4.68 Å². The lowest BCUT2D eigenvalue weighted by atomic mass is 10.2. The van der Waals surface area contributed by atoms with Gasteiger partial charge in [0, 0.05) is 0 Å². The summed E-state index contributed by atoms with van der Waals surface area (Å²) in [6.07, 6.45) is -5.06. The minimum Gasteiger partial charge on any atom is -0.490 e. The van der Waals surface area contributed by atoms with Crippen LogP contribution in [0.15, 0.2) is 29.1 Å². The molecule has 0 aliphatic carbocycles. The molecule has 128 valence electrons. The van der Waals surface area contributed by atoms with Crippen molar-refractivity contribution in [1.29, 1.82) is 0 Å². The summed E-state index contributed by atoms with van der Waals surface area (Å²) in [6.45, 7) is 0. The van der Waals surface area contributed by atoms with Gasteiger partial charge in [0.15, 0.2) is 5.69 Å². The van der Waals surface area contributed by atoms with E-state index >= 15 is 0 Å². The van der Waals surface area contributed by atoms with Crippen molar-refractivity contribution in [3.05, 3.63) is 51.7 Å². The number of aromatic nitrogens is 2. The molecule has 1 aromatic heterocycles. The monoisotopic (exact) mass is 346 g/mol. The third-order valence-corrected chi connectivity index (χ3v) is 2.98. The Kier molecular flexibility index (Phi) is 4.58. The molecular weight excluding hydrogens is 336 g/mol. The van der Waals surface area contributed by atoms with Crippen LogP contribution in [-0.2, 0) is 10.9 Å². The minimum absolute atomic E-state index is 0.137. The van der Waals surface area contributed by atoms with Crippen molar-refractivity contribution >= 4 is 5.97 Å². The first-order valence-corrected chi connectivity index (χ1v) is 6.33. The number of esters is 1. The van der Waals surface area contributed by atoms with E-state index in [1.807, 2.05) is 0 Å². The molecule has 1 heterocycles. The maximum Gasteiger partial charge on any atom is 0.436 e. The number of methoxy groups -OCH3 is 2. The maximum atomic E-state index is 13.3. The van der Waals surface area contributed by atoms with E-state index in [-0.39, 0.29) is 5.69 Å². The number of hydrogen-bond acceptors (Lipinski definition) is 5. The molecule has 0 radical (unpaired) electrons. The van der Waals surface area contributed by atoms with Gasteiger partial charge in [0.1, 0.15) is 11.4 Å². The number of hydrogen-bond donors (Lipinski definition) is 0. The van der Waals surface area contributed by atoms with Gasteiger partial charge in [-0.3, -0.25) is 4.79 Å². The highest BCUT2D eigenvalue weighted by atomic mass is 19.4. The van der Waals surface area contributed by atoms with E-state index in [2.05, 4.69) is 14.6 Å². The summed E-state index contributed by atoms with van der Waals surface area (Å²) in [7, 11) is 1.78. The molecular formula is C14H10F4N2O4. The second-order valence-corrected chi connectivity index (χ2v) is 4.44. The van der Waals surface area contributed by atoms with Crippen molar-refractivity contribution < 1.29 is 31.8 Å². The van der Waals surface area contributed by atoms with Crippen LogP contribution in [0.5, 0.6) is 5.75 Å². The zero-order valence-electron chi connectivity index (χ0n) is 12.3. The first-order valence-electron chi connectivity index (χ1n) is 6.33. The van der Waals surface area contributed by atoms with E-state index in [0.717, 1.165) is 38.5 Å². The zero-order valence-corrected chi connectivity index (χ0v) is 12.3. The van der Waals surface area contributed by atoms with Crippen LogP contribution in [0.25, 0.3) is 5.69 Å². The Labute approximate surface area is 132 Å². The minimum atomic E-state index is -5.06.